The smallest absolute Gasteiger partial charge is 0.129 e. The number of nitrogens with two attached hydrogens (primary N) is 1. The van der Waals surface area contributed by atoms with E-state index >= 15 is 0 Å². The average molecular weight is 189 g/mol. The van der Waals surface area contributed by atoms with Crippen LogP contribution in [0.5, 0.6) is 0 Å². The van der Waals surface area contributed by atoms with Crippen LogP contribution >= 0.6 is 11.8 Å². The van der Waals surface area contributed by atoms with Gasteiger partial charge in [-0.2, -0.15) is 11.8 Å². The lowest BCUT2D eigenvalue weighted by Gasteiger charge is -2.51. The SMILES string of the molecule is NC1(C2(O)COC2)CCSCC1. The minimum atomic E-state index is -0.728. The third-order valence-corrected chi connectivity index (χ3v) is 3.98. The van der Waals surface area contributed by atoms with Crippen LogP contribution in [0.4, 0.5) is 0 Å². The first-order valence-electron chi connectivity index (χ1n) is 4.33. The second kappa shape index (κ2) is 2.87. The molecule has 2 rings (SSSR count). The summed E-state index contributed by atoms with van der Waals surface area (Å²) in [6, 6.07) is 0. The summed E-state index contributed by atoms with van der Waals surface area (Å²) in [6.45, 7) is 0.850. The van der Waals surface area contributed by atoms with E-state index in [-0.39, 0.29) is 5.54 Å². The van der Waals surface area contributed by atoms with Gasteiger partial charge >= 0.3 is 0 Å². The Morgan fingerprint density at radius 3 is 2.25 bits per heavy atom. The molecule has 2 fully saturated rings. The number of rotatable bonds is 1. The predicted molar refractivity (Wildman–Crippen MR) is 49.2 cm³/mol. The van der Waals surface area contributed by atoms with Gasteiger partial charge in [-0.05, 0) is 24.3 Å². The van der Waals surface area contributed by atoms with Crippen molar-refractivity contribution >= 4 is 11.8 Å². The minimum absolute atomic E-state index is 0.378. The number of hydrogen-bond acceptors (Lipinski definition) is 4. The van der Waals surface area contributed by atoms with Crippen LogP contribution in [0.25, 0.3) is 0 Å². The highest BCUT2D eigenvalue weighted by atomic mass is 32.2. The van der Waals surface area contributed by atoms with Crippen LogP contribution in [0, 0.1) is 0 Å². The quantitative estimate of drug-likeness (QED) is 0.608. The molecule has 2 aliphatic rings. The van der Waals surface area contributed by atoms with E-state index in [0.717, 1.165) is 24.3 Å². The molecular weight excluding hydrogens is 174 g/mol. The maximum absolute atomic E-state index is 10.0. The van der Waals surface area contributed by atoms with Gasteiger partial charge in [-0.25, -0.2) is 0 Å². The first kappa shape index (κ1) is 8.81. The van der Waals surface area contributed by atoms with Crippen LogP contribution < -0.4 is 5.73 Å². The molecule has 4 heteroatoms. The van der Waals surface area contributed by atoms with Crippen molar-refractivity contribution in [3.8, 4) is 0 Å². The van der Waals surface area contributed by atoms with E-state index in [4.69, 9.17) is 10.5 Å². The van der Waals surface area contributed by atoms with Crippen LogP contribution in [-0.4, -0.2) is 41.0 Å². The van der Waals surface area contributed by atoms with E-state index < -0.39 is 5.60 Å². The molecule has 0 saturated carbocycles. The normalized spacial score (nSPS) is 32.5. The van der Waals surface area contributed by atoms with Gasteiger partial charge in [0.15, 0.2) is 0 Å². The van der Waals surface area contributed by atoms with E-state index in [1.165, 1.54) is 0 Å². The molecule has 0 radical (unpaired) electrons. The third kappa shape index (κ3) is 1.18. The first-order valence-corrected chi connectivity index (χ1v) is 5.49. The highest BCUT2D eigenvalue weighted by Crippen LogP contribution is 2.37. The Hall–Kier alpha value is 0.230. The van der Waals surface area contributed by atoms with Crippen molar-refractivity contribution < 1.29 is 9.84 Å². The Labute approximate surface area is 76.7 Å². The summed E-state index contributed by atoms with van der Waals surface area (Å²) < 4.78 is 5.02. The molecule has 3 N–H and O–H groups in total. The Balaban J connectivity index is 2.07. The fourth-order valence-electron chi connectivity index (χ4n) is 1.78. The molecule has 0 aromatic carbocycles. The highest BCUT2D eigenvalue weighted by molar-refractivity contribution is 7.99. The molecule has 0 amide bonds. The largest absolute Gasteiger partial charge is 0.383 e. The van der Waals surface area contributed by atoms with Crippen LogP contribution in [0.3, 0.4) is 0 Å². The van der Waals surface area contributed by atoms with E-state index in [2.05, 4.69) is 0 Å². The van der Waals surface area contributed by atoms with Gasteiger partial charge in [-0.15, -0.1) is 0 Å². The molecule has 0 aromatic heterocycles. The fourth-order valence-corrected chi connectivity index (χ4v) is 3.01. The van der Waals surface area contributed by atoms with Crippen molar-refractivity contribution in [2.45, 2.75) is 24.0 Å². The zero-order valence-electron chi connectivity index (χ0n) is 7.08. The van der Waals surface area contributed by atoms with Crippen molar-refractivity contribution in [1.29, 1.82) is 0 Å². The van der Waals surface area contributed by atoms with Crippen LogP contribution in [0.15, 0.2) is 0 Å². The lowest BCUT2D eigenvalue weighted by atomic mass is 9.75. The van der Waals surface area contributed by atoms with Gasteiger partial charge in [0.25, 0.3) is 0 Å². The zero-order valence-corrected chi connectivity index (χ0v) is 7.90. The molecule has 2 aliphatic heterocycles. The number of hydrogen-bond donors (Lipinski definition) is 2. The summed E-state index contributed by atoms with van der Waals surface area (Å²) in [7, 11) is 0. The molecule has 0 atom stereocenters. The van der Waals surface area contributed by atoms with E-state index in [1.807, 2.05) is 11.8 Å². The Kier molecular flexibility index (Phi) is 2.11. The van der Waals surface area contributed by atoms with Crippen LogP contribution in [-0.2, 0) is 4.74 Å². The van der Waals surface area contributed by atoms with E-state index in [1.54, 1.807) is 0 Å². The molecule has 70 valence electrons. The standard InChI is InChI=1S/C8H15NO2S/c9-7(1-3-12-4-2-7)8(10)5-11-6-8/h10H,1-6,9H2. The Morgan fingerprint density at radius 2 is 1.83 bits per heavy atom. The van der Waals surface area contributed by atoms with Crippen molar-refractivity contribution in [3.63, 3.8) is 0 Å². The van der Waals surface area contributed by atoms with Gasteiger partial charge < -0.3 is 15.6 Å². The minimum Gasteiger partial charge on any atom is -0.383 e. The molecule has 0 aliphatic carbocycles. The van der Waals surface area contributed by atoms with Crippen molar-refractivity contribution in [1.82, 2.24) is 0 Å². The average Bonchev–Trinajstić information content (AvgIpc) is 2.01. The van der Waals surface area contributed by atoms with Crippen molar-refractivity contribution in [2.75, 3.05) is 24.7 Å². The molecule has 0 spiro atoms. The number of ether oxygens (including phenoxy) is 1. The van der Waals surface area contributed by atoms with Crippen molar-refractivity contribution in [2.24, 2.45) is 5.73 Å². The molecule has 12 heavy (non-hydrogen) atoms. The molecule has 0 bridgehead atoms. The summed E-state index contributed by atoms with van der Waals surface area (Å²) in [4.78, 5) is 0. The van der Waals surface area contributed by atoms with Crippen molar-refractivity contribution in [3.05, 3.63) is 0 Å². The first-order chi connectivity index (χ1) is 5.66. The molecule has 2 saturated heterocycles. The summed E-state index contributed by atoms with van der Waals surface area (Å²) in [5.41, 5.74) is 5.05. The topological polar surface area (TPSA) is 55.5 Å². The zero-order chi connectivity index (χ0) is 8.66. The van der Waals surface area contributed by atoms with E-state index in [0.29, 0.717) is 13.2 Å². The molecule has 2 heterocycles. The number of thioether (sulfide) groups is 1. The van der Waals surface area contributed by atoms with Gasteiger partial charge in [0, 0.05) is 0 Å². The maximum atomic E-state index is 10.0. The Morgan fingerprint density at radius 1 is 1.25 bits per heavy atom. The highest BCUT2D eigenvalue weighted by Gasteiger charge is 2.53. The summed E-state index contributed by atoms with van der Waals surface area (Å²) in [6.07, 6.45) is 1.83. The predicted octanol–water partition coefficient (Wildman–Crippen LogP) is -0.0278. The molecule has 0 aromatic rings. The molecule has 3 nitrogen and oxygen atoms in total. The lowest BCUT2D eigenvalue weighted by molar-refractivity contribution is -0.215. The second-order valence-corrected chi connectivity index (χ2v) is 5.02. The maximum Gasteiger partial charge on any atom is 0.129 e. The summed E-state index contributed by atoms with van der Waals surface area (Å²) >= 11 is 1.92. The molecular formula is C8H15NO2S. The van der Waals surface area contributed by atoms with Gasteiger partial charge in [-0.1, -0.05) is 0 Å². The van der Waals surface area contributed by atoms with Gasteiger partial charge in [0.2, 0.25) is 0 Å². The number of aliphatic hydroxyl groups is 1. The lowest BCUT2D eigenvalue weighted by Crippen LogP contribution is -2.71. The third-order valence-electron chi connectivity index (χ3n) is 2.99. The summed E-state index contributed by atoms with van der Waals surface area (Å²) in [5.74, 6) is 2.14. The van der Waals surface area contributed by atoms with E-state index in [9.17, 15) is 5.11 Å². The molecule has 0 unspecified atom stereocenters. The van der Waals surface area contributed by atoms with Crippen LogP contribution in [0.2, 0.25) is 0 Å². The van der Waals surface area contributed by atoms with Crippen LogP contribution in [0.1, 0.15) is 12.8 Å². The monoisotopic (exact) mass is 189 g/mol. The summed E-state index contributed by atoms with van der Waals surface area (Å²) in [5, 5.41) is 10.0. The van der Waals surface area contributed by atoms with Gasteiger partial charge in [-0.3, -0.25) is 0 Å². The second-order valence-electron chi connectivity index (χ2n) is 3.79. The Bertz CT molecular complexity index is 176. The van der Waals surface area contributed by atoms with Gasteiger partial charge in [0.05, 0.1) is 18.8 Å². The van der Waals surface area contributed by atoms with Gasteiger partial charge in [0.1, 0.15) is 5.60 Å². The fraction of sp³-hybridized carbons (Fsp3) is 1.00.